The quantitative estimate of drug-likeness (QED) is 0.881. The summed E-state index contributed by atoms with van der Waals surface area (Å²) in [5, 5.41) is 10.1. The van der Waals surface area contributed by atoms with Gasteiger partial charge in [-0.05, 0) is 43.5 Å². The van der Waals surface area contributed by atoms with Crippen LogP contribution in [0.1, 0.15) is 24.8 Å². The zero-order valence-electron chi connectivity index (χ0n) is 8.62. The molecule has 0 aromatic heterocycles. The second-order valence-electron chi connectivity index (χ2n) is 4.26. The van der Waals surface area contributed by atoms with Crippen LogP contribution in [0.25, 0.3) is 0 Å². The summed E-state index contributed by atoms with van der Waals surface area (Å²) >= 11 is 3.42. The molecule has 1 aromatic rings. The summed E-state index contributed by atoms with van der Waals surface area (Å²) in [4.78, 5) is 0. The highest BCUT2D eigenvalue weighted by atomic mass is 79.9. The molecule has 0 radical (unpaired) electrons. The molecule has 1 fully saturated rings. The zero-order chi connectivity index (χ0) is 10.9. The Balaban J connectivity index is 2.19. The van der Waals surface area contributed by atoms with Gasteiger partial charge in [-0.2, -0.15) is 0 Å². The van der Waals surface area contributed by atoms with Crippen LogP contribution >= 0.6 is 15.9 Å². The van der Waals surface area contributed by atoms with Crippen LogP contribution in [0.5, 0.6) is 0 Å². The maximum Gasteiger partial charge on any atom is 0.0648 e. The van der Waals surface area contributed by atoms with Crippen LogP contribution in [-0.4, -0.2) is 17.8 Å². The molecule has 0 unspecified atom stereocenters. The molecule has 0 amide bonds. The molecule has 1 aliphatic rings. The highest BCUT2D eigenvalue weighted by Crippen LogP contribution is 2.51. The molecule has 0 spiro atoms. The van der Waals surface area contributed by atoms with Crippen molar-refractivity contribution >= 4 is 15.9 Å². The van der Waals surface area contributed by atoms with Crippen LogP contribution < -0.4 is 5.73 Å². The summed E-state index contributed by atoms with van der Waals surface area (Å²) in [5.74, 6) is 0. The van der Waals surface area contributed by atoms with Gasteiger partial charge >= 0.3 is 0 Å². The van der Waals surface area contributed by atoms with Gasteiger partial charge in [-0.15, -0.1) is 0 Å². The fourth-order valence-corrected chi connectivity index (χ4v) is 2.43. The van der Waals surface area contributed by atoms with E-state index in [1.165, 1.54) is 5.56 Å². The van der Waals surface area contributed by atoms with Gasteiger partial charge in [0.2, 0.25) is 0 Å². The van der Waals surface area contributed by atoms with Gasteiger partial charge < -0.3 is 10.8 Å². The van der Waals surface area contributed by atoms with Gasteiger partial charge in [-0.3, -0.25) is 0 Å². The average molecular weight is 270 g/mol. The van der Waals surface area contributed by atoms with Gasteiger partial charge in [0.1, 0.15) is 0 Å². The number of hydrogen-bond donors (Lipinski definition) is 2. The molecule has 82 valence electrons. The highest BCUT2D eigenvalue weighted by Gasteiger charge is 2.49. The SMILES string of the molecule is NCC[C@H](O)C1(c2ccc(Br)cc2)CC1. The topological polar surface area (TPSA) is 46.2 Å². The molecule has 0 heterocycles. The third kappa shape index (κ3) is 2.10. The second-order valence-corrected chi connectivity index (χ2v) is 5.17. The summed E-state index contributed by atoms with van der Waals surface area (Å²) in [5.41, 5.74) is 6.73. The fourth-order valence-electron chi connectivity index (χ4n) is 2.16. The van der Waals surface area contributed by atoms with Crippen molar-refractivity contribution < 1.29 is 5.11 Å². The third-order valence-corrected chi connectivity index (χ3v) is 3.81. The lowest BCUT2D eigenvalue weighted by atomic mass is 9.88. The van der Waals surface area contributed by atoms with Crippen LogP contribution in [0.4, 0.5) is 0 Å². The Hall–Kier alpha value is -0.380. The first-order chi connectivity index (χ1) is 7.19. The van der Waals surface area contributed by atoms with Crippen molar-refractivity contribution in [1.82, 2.24) is 0 Å². The van der Waals surface area contributed by atoms with Crippen molar-refractivity contribution in [2.45, 2.75) is 30.8 Å². The highest BCUT2D eigenvalue weighted by molar-refractivity contribution is 9.10. The summed E-state index contributed by atoms with van der Waals surface area (Å²) in [6.45, 7) is 0.555. The Bertz CT molecular complexity index is 332. The largest absolute Gasteiger partial charge is 0.392 e. The van der Waals surface area contributed by atoms with Gasteiger partial charge in [0, 0.05) is 9.89 Å². The monoisotopic (exact) mass is 269 g/mol. The summed E-state index contributed by atoms with van der Waals surface area (Å²) < 4.78 is 1.08. The summed E-state index contributed by atoms with van der Waals surface area (Å²) in [6.07, 6.45) is 2.56. The van der Waals surface area contributed by atoms with E-state index in [2.05, 4.69) is 28.1 Å². The molecule has 2 nitrogen and oxygen atoms in total. The number of rotatable bonds is 4. The van der Waals surface area contributed by atoms with E-state index in [-0.39, 0.29) is 11.5 Å². The number of benzene rings is 1. The standard InChI is InChI=1S/C12H16BrNO/c13-10-3-1-9(2-4-10)12(6-7-12)11(15)5-8-14/h1-4,11,15H,5-8,14H2/t11-/m0/s1. The van der Waals surface area contributed by atoms with E-state index >= 15 is 0 Å². The fraction of sp³-hybridized carbons (Fsp3) is 0.500. The molecule has 1 atom stereocenters. The smallest absolute Gasteiger partial charge is 0.0648 e. The molecular weight excluding hydrogens is 254 g/mol. The van der Waals surface area contributed by atoms with Gasteiger partial charge in [0.05, 0.1) is 6.10 Å². The first kappa shape index (κ1) is 11.1. The Kier molecular flexibility index (Phi) is 3.14. The predicted molar refractivity (Wildman–Crippen MR) is 64.7 cm³/mol. The Labute approximate surface area is 98.6 Å². The second kappa shape index (κ2) is 4.24. The number of nitrogens with two attached hydrogens (primary N) is 1. The van der Waals surface area contributed by atoms with E-state index in [0.29, 0.717) is 13.0 Å². The van der Waals surface area contributed by atoms with Crippen LogP contribution in [0.3, 0.4) is 0 Å². The molecule has 3 N–H and O–H groups in total. The van der Waals surface area contributed by atoms with E-state index in [0.717, 1.165) is 17.3 Å². The molecule has 1 aliphatic carbocycles. The third-order valence-electron chi connectivity index (χ3n) is 3.29. The molecule has 3 heteroatoms. The maximum atomic E-state index is 10.1. The molecule has 1 saturated carbocycles. The van der Waals surface area contributed by atoms with Crippen molar-refractivity contribution in [3.63, 3.8) is 0 Å². The maximum absolute atomic E-state index is 10.1. The predicted octanol–water partition coefficient (Wildman–Crippen LogP) is 2.19. The first-order valence-electron chi connectivity index (χ1n) is 5.33. The van der Waals surface area contributed by atoms with Crippen molar-refractivity contribution in [3.8, 4) is 0 Å². The minimum absolute atomic E-state index is 0.0000694. The summed E-state index contributed by atoms with van der Waals surface area (Å²) in [7, 11) is 0. The Morgan fingerprint density at radius 2 is 1.93 bits per heavy atom. The lowest BCUT2D eigenvalue weighted by Crippen LogP contribution is -2.28. The normalized spacial score (nSPS) is 19.9. The van der Waals surface area contributed by atoms with Gasteiger partial charge in [0.25, 0.3) is 0 Å². The number of halogens is 1. The first-order valence-corrected chi connectivity index (χ1v) is 6.12. The van der Waals surface area contributed by atoms with Crippen LogP contribution in [0, 0.1) is 0 Å². The van der Waals surface area contributed by atoms with Gasteiger partial charge in [-0.25, -0.2) is 0 Å². The Morgan fingerprint density at radius 1 is 1.33 bits per heavy atom. The molecule has 0 bridgehead atoms. The molecule has 15 heavy (non-hydrogen) atoms. The van der Waals surface area contributed by atoms with E-state index in [1.54, 1.807) is 0 Å². The van der Waals surface area contributed by atoms with Crippen molar-refractivity contribution in [2.75, 3.05) is 6.54 Å². The van der Waals surface area contributed by atoms with E-state index in [4.69, 9.17) is 5.73 Å². The van der Waals surface area contributed by atoms with Gasteiger partial charge in [0.15, 0.2) is 0 Å². The van der Waals surface area contributed by atoms with Crippen molar-refractivity contribution in [2.24, 2.45) is 5.73 Å². The van der Waals surface area contributed by atoms with Gasteiger partial charge in [-0.1, -0.05) is 28.1 Å². The Morgan fingerprint density at radius 3 is 2.40 bits per heavy atom. The van der Waals surface area contributed by atoms with Crippen molar-refractivity contribution in [3.05, 3.63) is 34.3 Å². The molecular formula is C12H16BrNO. The van der Waals surface area contributed by atoms with E-state index < -0.39 is 0 Å². The average Bonchev–Trinajstić information content (AvgIpc) is 3.00. The van der Waals surface area contributed by atoms with Crippen LogP contribution in [-0.2, 0) is 5.41 Å². The molecule has 0 aliphatic heterocycles. The zero-order valence-corrected chi connectivity index (χ0v) is 10.2. The number of hydrogen-bond acceptors (Lipinski definition) is 2. The van der Waals surface area contributed by atoms with E-state index in [9.17, 15) is 5.11 Å². The lowest BCUT2D eigenvalue weighted by molar-refractivity contribution is 0.124. The van der Waals surface area contributed by atoms with Crippen molar-refractivity contribution in [1.29, 1.82) is 0 Å². The van der Waals surface area contributed by atoms with Crippen LogP contribution in [0.15, 0.2) is 28.7 Å². The minimum atomic E-state index is -0.288. The molecule has 2 rings (SSSR count). The lowest BCUT2D eigenvalue weighted by Gasteiger charge is -2.22. The number of aliphatic hydroxyl groups excluding tert-OH is 1. The molecule has 1 aromatic carbocycles. The molecule has 0 saturated heterocycles. The van der Waals surface area contributed by atoms with E-state index in [1.807, 2.05) is 12.1 Å². The minimum Gasteiger partial charge on any atom is -0.392 e. The van der Waals surface area contributed by atoms with Crippen LogP contribution in [0.2, 0.25) is 0 Å². The summed E-state index contributed by atoms with van der Waals surface area (Å²) in [6, 6.07) is 8.25. The number of aliphatic hydroxyl groups is 1.